The van der Waals surface area contributed by atoms with E-state index in [1.165, 1.54) is 4.90 Å². The van der Waals surface area contributed by atoms with E-state index in [0.29, 0.717) is 13.2 Å². The second-order valence-electron chi connectivity index (χ2n) is 4.83. The van der Waals surface area contributed by atoms with E-state index in [1.54, 1.807) is 14.0 Å². The van der Waals surface area contributed by atoms with Crippen molar-refractivity contribution in [1.29, 1.82) is 0 Å². The molecule has 0 aliphatic carbocycles. The van der Waals surface area contributed by atoms with E-state index >= 15 is 0 Å². The molecule has 0 saturated carbocycles. The Morgan fingerprint density at radius 1 is 1.44 bits per heavy atom. The van der Waals surface area contributed by atoms with Crippen molar-refractivity contribution < 1.29 is 19.4 Å². The first kappa shape index (κ1) is 15.2. The van der Waals surface area contributed by atoms with Crippen molar-refractivity contribution in [2.45, 2.75) is 39.4 Å². The smallest absolute Gasteiger partial charge is 0.410 e. The van der Waals surface area contributed by atoms with Gasteiger partial charge in [0, 0.05) is 13.6 Å². The second-order valence-corrected chi connectivity index (χ2v) is 4.83. The monoisotopic (exact) mass is 233 g/mol. The first-order chi connectivity index (χ1) is 7.22. The Balaban J connectivity index is 3.72. The summed E-state index contributed by atoms with van der Waals surface area (Å²) in [6.45, 7) is 8.23. The van der Waals surface area contributed by atoms with Crippen molar-refractivity contribution in [3.8, 4) is 0 Å². The molecule has 0 bridgehead atoms. The predicted octanol–water partition coefficient (Wildman–Crippen LogP) is 1.25. The molecule has 0 aromatic heterocycles. The summed E-state index contributed by atoms with van der Waals surface area (Å²) in [6.07, 6.45) is -0.847. The fraction of sp³-hybridized carbons (Fsp3) is 0.909. The fourth-order valence-electron chi connectivity index (χ4n) is 0.887. The van der Waals surface area contributed by atoms with Crippen molar-refractivity contribution in [1.82, 2.24) is 4.90 Å². The Morgan fingerprint density at radius 2 is 2.00 bits per heavy atom. The Morgan fingerprint density at radius 3 is 2.44 bits per heavy atom. The van der Waals surface area contributed by atoms with Crippen LogP contribution in [0.2, 0.25) is 0 Å². The van der Waals surface area contributed by atoms with Gasteiger partial charge in [0.1, 0.15) is 5.60 Å². The lowest BCUT2D eigenvalue weighted by Gasteiger charge is -2.24. The van der Waals surface area contributed by atoms with Crippen LogP contribution >= 0.6 is 0 Å². The molecule has 0 unspecified atom stereocenters. The molecule has 1 N–H and O–H groups in total. The van der Waals surface area contributed by atoms with Crippen LogP contribution in [0.5, 0.6) is 0 Å². The number of aliphatic hydroxyl groups excluding tert-OH is 1. The number of likely N-dealkylation sites (N-methyl/N-ethyl adjacent to an activating group) is 1. The SMILES string of the molecule is C[C@@H](O)COCCN(C)C(=O)OC(C)(C)C. The van der Waals surface area contributed by atoms with E-state index < -0.39 is 11.7 Å². The third kappa shape index (κ3) is 8.49. The molecular formula is C11H23NO4. The maximum Gasteiger partial charge on any atom is 0.410 e. The number of carbonyl (C=O) groups is 1. The van der Waals surface area contributed by atoms with Crippen LogP contribution in [0.25, 0.3) is 0 Å². The van der Waals surface area contributed by atoms with Crippen LogP contribution in [0.1, 0.15) is 27.7 Å². The van der Waals surface area contributed by atoms with Crippen molar-refractivity contribution in [3.05, 3.63) is 0 Å². The zero-order chi connectivity index (χ0) is 12.8. The van der Waals surface area contributed by atoms with Gasteiger partial charge in [0.25, 0.3) is 0 Å². The van der Waals surface area contributed by atoms with Crippen LogP contribution in [0.15, 0.2) is 0 Å². The van der Waals surface area contributed by atoms with E-state index in [2.05, 4.69) is 0 Å². The molecule has 0 rings (SSSR count). The van der Waals surface area contributed by atoms with Gasteiger partial charge in [-0.2, -0.15) is 0 Å². The molecule has 5 heteroatoms. The van der Waals surface area contributed by atoms with Crippen LogP contribution in [-0.2, 0) is 9.47 Å². The first-order valence-corrected chi connectivity index (χ1v) is 5.42. The number of carbonyl (C=O) groups excluding carboxylic acids is 1. The largest absolute Gasteiger partial charge is 0.444 e. The highest BCUT2D eigenvalue weighted by Crippen LogP contribution is 2.08. The molecule has 1 amide bonds. The van der Waals surface area contributed by atoms with Crippen LogP contribution in [-0.4, -0.2) is 54.6 Å². The van der Waals surface area contributed by atoms with E-state index in [9.17, 15) is 4.79 Å². The number of ether oxygens (including phenoxy) is 2. The van der Waals surface area contributed by atoms with Gasteiger partial charge in [0.05, 0.1) is 19.3 Å². The maximum atomic E-state index is 11.5. The number of amides is 1. The van der Waals surface area contributed by atoms with E-state index in [1.807, 2.05) is 20.8 Å². The Bertz CT molecular complexity index is 211. The minimum atomic E-state index is -0.480. The molecule has 1 atom stereocenters. The maximum absolute atomic E-state index is 11.5. The molecule has 0 fully saturated rings. The molecule has 16 heavy (non-hydrogen) atoms. The van der Waals surface area contributed by atoms with Crippen molar-refractivity contribution in [3.63, 3.8) is 0 Å². The van der Waals surface area contributed by atoms with Gasteiger partial charge in [0.2, 0.25) is 0 Å². The molecule has 0 spiro atoms. The highest BCUT2D eigenvalue weighted by atomic mass is 16.6. The lowest BCUT2D eigenvalue weighted by atomic mass is 10.2. The molecule has 0 aromatic rings. The van der Waals surface area contributed by atoms with E-state index in [-0.39, 0.29) is 12.7 Å². The molecule has 5 nitrogen and oxygen atoms in total. The number of hydrogen-bond acceptors (Lipinski definition) is 4. The predicted molar refractivity (Wildman–Crippen MR) is 61.4 cm³/mol. The minimum Gasteiger partial charge on any atom is -0.444 e. The summed E-state index contributed by atoms with van der Waals surface area (Å²) < 4.78 is 10.3. The van der Waals surface area contributed by atoms with E-state index in [0.717, 1.165) is 0 Å². The van der Waals surface area contributed by atoms with Crippen LogP contribution in [0.4, 0.5) is 4.79 Å². The van der Waals surface area contributed by atoms with Crippen molar-refractivity contribution in [2.75, 3.05) is 26.8 Å². The average Bonchev–Trinajstić information content (AvgIpc) is 2.08. The number of hydrogen-bond donors (Lipinski definition) is 1. The Hall–Kier alpha value is -0.810. The average molecular weight is 233 g/mol. The lowest BCUT2D eigenvalue weighted by molar-refractivity contribution is 0.0141. The van der Waals surface area contributed by atoms with Gasteiger partial charge in [-0.3, -0.25) is 0 Å². The zero-order valence-electron chi connectivity index (χ0n) is 10.8. The molecular weight excluding hydrogens is 210 g/mol. The van der Waals surface area contributed by atoms with Crippen LogP contribution < -0.4 is 0 Å². The second kappa shape index (κ2) is 6.70. The van der Waals surface area contributed by atoms with Crippen LogP contribution in [0, 0.1) is 0 Å². The Labute approximate surface area is 97.3 Å². The van der Waals surface area contributed by atoms with Crippen LogP contribution in [0.3, 0.4) is 0 Å². The fourth-order valence-corrected chi connectivity index (χ4v) is 0.887. The van der Waals surface area contributed by atoms with Gasteiger partial charge in [-0.25, -0.2) is 4.79 Å². The molecule has 0 radical (unpaired) electrons. The summed E-state index contributed by atoms with van der Waals surface area (Å²) in [6, 6.07) is 0. The topological polar surface area (TPSA) is 59.0 Å². The third-order valence-corrected chi connectivity index (χ3v) is 1.64. The summed E-state index contributed by atoms with van der Waals surface area (Å²) in [5, 5.41) is 8.95. The normalized spacial score (nSPS) is 13.4. The molecule has 0 aromatic carbocycles. The number of rotatable bonds is 5. The highest BCUT2D eigenvalue weighted by molar-refractivity contribution is 5.67. The lowest BCUT2D eigenvalue weighted by Crippen LogP contribution is -2.36. The quantitative estimate of drug-likeness (QED) is 0.726. The summed E-state index contributed by atoms with van der Waals surface area (Å²) in [5.74, 6) is 0. The number of nitrogens with zero attached hydrogens (tertiary/aromatic N) is 1. The van der Waals surface area contributed by atoms with Gasteiger partial charge in [0.15, 0.2) is 0 Å². The summed E-state index contributed by atoms with van der Waals surface area (Å²) >= 11 is 0. The summed E-state index contributed by atoms with van der Waals surface area (Å²) in [7, 11) is 1.65. The van der Waals surface area contributed by atoms with Crippen molar-refractivity contribution >= 4 is 6.09 Å². The summed E-state index contributed by atoms with van der Waals surface area (Å²) in [4.78, 5) is 12.9. The summed E-state index contributed by atoms with van der Waals surface area (Å²) in [5.41, 5.74) is -0.480. The minimum absolute atomic E-state index is 0.280. The van der Waals surface area contributed by atoms with Gasteiger partial charge in [-0.15, -0.1) is 0 Å². The molecule has 0 aliphatic heterocycles. The highest BCUT2D eigenvalue weighted by Gasteiger charge is 2.19. The van der Waals surface area contributed by atoms with Crippen molar-refractivity contribution in [2.24, 2.45) is 0 Å². The van der Waals surface area contributed by atoms with Gasteiger partial charge in [-0.1, -0.05) is 0 Å². The molecule has 0 aliphatic rings. The first-order valence-electron chi connectivity index (χ1n) is 5.42. The van der Waals surface area contributed by atoms with Gasteiger partial charge in [-0.05, 0) is 27.7 Å². The van der Waals surface area contributed by atoms with Gasteiger partial charge >= 0.3 is 6.09 Å². The van der Waals surface area contributed by atoms with Gasteiger partial charge < -0.3 is 19.5 Å². The van der Waals surface area contributed by atoms with E-state index in [4.69, 9.17) is 14.6 Å². The Kier molecular flexibility index (Phi) is 6.36. The molecule has 96 valence electrons. The third-order valence-electron chi connectivity index (χ3n) is 1.64. The zero-order valence-corrected chi connectivity index (χ0v) is 10.8. The molecule has 0 saturated heterocycles. The number of aliphatic hydroxyl groups is 1. The molecule has 0 heterocycles. The standard InChI is InChI=1S/C11H23NO4/c1-9(13)8-15-7-6-12(5)10(14)16-11(2,3)4/h9,13H,6-8H2,1-5H3/t9-/m1/s1.